The summed E-state index contributed by atoms with van der Waals surface area (Å²) in [5, 5.41) is 10.8. The van der Waals surface area contributed by atoms with E-state index in [4.69, 9.17) is 9.84 Å². The van der Waals surface area contributed by atoms with E-state index in [0.717, 1.165) is 24.0 Å². The van der Waals surface area contributed by atoms with Crippen molar-refractivity contribution < 1.29 is 14.6 Å². The maximum absolute atomic E-state index is 10.3. The number of hydrogen-bond donors (Lipinski definition) is 1. The molecule has 0 heterocycles. The minimum Gasteiger partial charge on any atom is -0.497 e. The Balaban J connectivity index is 2.11. The van der Waals surface area contributed by atoms with Crippen molar-refractivity contribution in [3.05, 3.63) is 54.1 Å². The highest BCUT2D eigenvalue weighted by Gasteiger charge is 1.98. The third kappa shape index (κ3) is 3.58. The van der Waals surface area contributed by atoms with Crippen LogP contribution in [0.5, 0.6) is 5.75 Å². The molecule has 0 bridgehead atoms. The lowest BCUT2D eigenvalue weighted by Gasteiger charge is -2.05. The molecule has 0 aromatic heterocycles. The Morgan fingerprint density at radius 2 is 1.95 bits per heavy atom. The van der Waals surface area contributed by atoms with Crippen molar-refractivity contribution in [3.8, 4) is 5.75 Å². The summed E-state index contributed by atoms with van der Waals surface area (Å²) in [7, 11) is 1.66. The first kappa shape index (κ1) is 13.1. The maximum atomic E-state index is 10.3. The van der Waals surface area contributed by atoms with Gasteiger partial charge in [-0.1, -0.05) is 30.3 Å². The summed E-state index contributed by atoms with van der Waals surface area (Å²) in [6, 6.07) is 12.2. The Hall–Kier alpha value is -2.29. The zero-order valence-corrected chi connectivity index (χ0v) is 10.8. The molecule has 2 aromatic rings. The highest BCUT2D eigenvalue weighted by molar-refractivity contribution is 5.84. The first-order chi connectivity index (χ1) is 9.19. The molecule has 3 heteroatoms. The van der Waals surface area contributed by atoms with Crippen molar-refractivity contribution in [1.29, 1.82) is 0 Å². The Morgan fingerprint density at radius 3 is 2.68 bits per heavy atom. The average molecular weight is 256 g/mol. The second-order valence-corrected chi connectivity index (χ2v) is 4.33. The third-order valence-corrected chi connectivity index (χ3v) is 2.97. The summed E-state index contributed by atoms with van der Waals surface area (Å²) < 4.78 is 5.19. The number of aliphatic carboxylic acids is 1. The van der Waals surface area contributed by atoms with Crippen molar-refractivity contribution in [2.45, 2.75) is 12.8 Å². The third-order valence-electron chi connectivity index (χ3n) is 2.97. The number of carboxylic acids is 1. The topological polar surface area (TPSA) is 46.5 Å². The monoisotopic (exact) mass is 256 g/mol. The molecule has 0 atom stereocenters. The van der Waals surface area contributed by atoms with E-state index in [2.05, 4.69) is 18.2 Å². The van der Waals surface area contributed by atoms with Crippen LogP contribution in [0.3, 0.4) is 0 Å². The van der Waals surface area contributed by atoms with Gasteiger partial charge in [0.2, 0.25) is 0 Å². The molecule has 0 aliphatic heterocycles. The van der Waals surface area contributed by atoms with Crippen LogP contribution in [0, 0.1) is 0 Å². The predicted octanol–water partition coefficient (Wildman–Crippen LogP) is 3.42. The Kier molecular flexibility index (Phi) is 4.18. The summed E-state index contributed by atoms with van der Waals surface area (Å²) in [4.78, 5) is 10.3. The second-order valence-electron chi connectivity index (χ2n) is 4.33. The lowest BCUT2D eigenvalue weighted by atomic mass is 10.0. The minimum atomic E-state index is -0.898. The first-order valence-corrected chi connectivity index (χ1v) is 6.15. The second kappa shape index (κ2) is 6.05. The Bertz CT molecular complexity index is 614. The molecule has 2 rings (SSSR count). The molecule has 1 N–H and O–H groups in total. The SMILES string of the molecule is COc1ccc2cc(CC/C=C/C(=O)O)ccc2c1. The smallest absolute Gasteiger partial charge is 0.327 e. The highest BCUT2D eigenvalue weighted by Crippen LogP contribution is 2.22. The van der Waals surface area contributed by atoms with Crippen LogP contribution in [0.15, 0.2) is 48.6 Å². The quantitative estimate of drug-likeness (QED) is 0.834. The maximum Gasteiger partial charge on any atom is 0.327 e. The van der Waals surface area contributed by atoms with E-state index in [0.29, 0.717) is 0 Å². The van der Waals surface area contributed by atoms with Gasteiger partial charge in [-0.2, -0.15) is 0 Å². The summed E-state index contributed by atoms with van der Waals surface area (Å²) >= 11 is 0. The number of carboxylic acid groups (broad SMARTS) is 1. The highest BCUT2D eigenvalue weighted by atomic mass is 16.5. The van der Waals surface area contributed by atoms with Crippen molar-refractivity contribution >= 4 is 16.7 Å². The molecule has 0 amide bonds. The van der Waals surface area contributed by atoms with Crippen molar-refractivity contribution in [3.63, 3.8) is 0 Å². The fourth-order valence-corrected chi connectivity index (χ4v) is 1.99. The number of fused-ring (bicyclic) bond motifs is 1. The summed E-state index contributed by atoms with van der Waals surface area (Å²) in [6.45, 7) is 0. The molecule has 0 radical (unpaired) electrons. The molecule has 0 aliphatic rings. The number of ether oxygens (including phenoxy) is 1. The van der Waals surface area contributed by atoms with E-state index in [1.807, 2.05) is 18.2 Å². The number of rotatable bonds is 5. The van der Waals surface area contributed by atoms with Gasteiger partial charge in [0, 0.05) is 6.08 Å². The van der Waals surface area contributed by atoms with E-state index in [-0.39, 0.29) is 0 Å². The number of methoxy groups -OCH3 is 1. The molecule has 2 aromatic carbocycles. The summed E-state index contributed by atoms with van der Waals surface area (Å²) in [6.07, 6.45) is 4.44. The van der Waals surface area contributed by atoms with E-state index < -0.39 is 5.97 Å². The zero-order chi connectivity index (χ0) is 13.7. The molecular weight excluding hydrogens is 240 g/mol. The average Bonchev–Trinajstić information content (AvgIpc) is 2.42. The van der Waals surface area contributed by atoms with E-state index >= 15 is 0 Å². The first-order valence-electron chi connectivity index (χ1n) is 6.15. The van der Waals surface area contributed by atoms with Crippen LogP contribution in [0.2, 0.25) is 0 Å². The molecule has 98 valence electrons. The van der Waals surface area contributed by atoms with Gasteiger partial charge in [0.05, 0.1) is 7.11 Å². The summed E-state index contributed by atoms with van der Waals surface area (Å²) in [5.74, 6) is -0.0461. The van der Waals surface area contributed by atoms with Crippen LogP contribution >= 0.6 is 0 Å². The van der Waals surface area contributed by atoms with Gasteiger partial charge in [-0.15, -0.1) is 0 Å². The molecule has 0 saturated carbocycles. The molecule has 0 aliphatic carbocycles. The van der Waals surface area contributed by atoms with Gasteiger partial charge in [0.15, 0.2) is 0 Å². The van der Waals surface area contributed by atoms with Crippen molar-refractivity contribution in [1.82, 2.24) is 0 Å². The predicted molar refractivity (Wildman–Crippen MR) is 75.6 cm³/mol. The molecule has 0 fully saturated rings. The molecule has 0 saturated heterocycles. The van der Waals surface area contributed by atoms with E-state index in [1.165, 1.54) is 17.0 Å². The van der Waals surface area contributed by atoms with Gasteiger partial charge in [0.25, 0.3) is 0 Å². The van der Waals surface area contributed by atoms with Gasteiger partial charge in [0.1, 0.15) is 5.75 Å². The fourth-order valence-electron chi connectivity index (χ4n) is 1.99. The molecular formula is C16H16O3. The standard InChI is InChI=1S/C16H16O3/c1-19-15-9-8-13-10-12(6-7-14(13)11-15)4-2-3-5-16(17)18/h3,5-11H,2,4H2,1H3,(H,17,18)/b5-3+. The normalized spacial score (nSPS) is 11.0. The Morgan fingerprint density at radius 1 is 1.21 bits per heavy atom. The Labute approximate surface area is 112 Å². The zero-order valence-electron chi connectivity index (χ0n) is 10.8. The lowest BCUT2D eigenvalue weighted by Crippen LogP contribution is -1.88. The number of hydrogen-bond acceptors (Lipinski definition) is 2. The van der Waals surface area contributed by atoms with Gasteiger partial charge < -0.3 is 9.84 Å². The molecule has 19 heavy (non-hydrogen) atoms. The number of benzene rings is 2. The van der Waals surface area contributed by atoms with Crippen LogP contribution in [-0.4, -0.2) is 18.2 Å². The van der Waals surface area contributed by atoms with Gasteiger partial charge in [-0.3, -0.25) is 0 Å². The van der Waals surface area contributed by atoms with Crippen LogP contribution in [0.25, 0.3) is 10.8 Å². The number of carbonyl (C=O) groups is 1. The molecule has 3 nitrogen and oxygen atoms in total. The van der Waals surface area contributed by atoms with Crippen molar-refractivity contribution in [2.75, 3.05) is 7.11 Å². The minimum absolute atomic E-state index is 0.730. The van der Waals surface area contributed by atoms with Gasteiger partial charge >= 0.3 is 5.97 Å². The van der Waals surface area contributed by atoms with Crippen molar-refractivity contribution in [2.24, 2.45) is 0 Å². The van der Waals surface area contributed by atoms with Crippen LogP contribution in [0.1, 0.15) is 12.0 Å². The fraction of sp³-hybridized carbons (Fsp3) is 0.188. The van der Waals surface area contributed by atoms with E-state index in [9.17, 15) is 4.79 Å². The molecule has 0 unspecified atom stereocenters. The van der Waals surface area contributed by atoms with Gasteiger partial charge in [-0.25, -0.2) is 4.79 Å². The summed E-state index contributed by atoms with van der Waals surface area (Å²) in [5.41, 5.74) is 1.20. The number of aryl methyl sites for hydroxylation is 1. The van der Waals surface area contributed by atoms with Crippen LogP contribution in [0.4, 0.5) is 0 Å². The number of allylic oxidation sites excluding steroid dienone is 1. The largest absolute Gasteiger partial charge is 0.497 e. The van der Waals surface area contributed by atoms with E-state index in [1.54, 1.807) is 13.2 Å². The lowest BCUT2D eigenvalue weighted by molar-refractivity contribution is -0.131. The van der Waals surface area contributed by atoms with Crippen LogP contribution < -0.4 is 4.74 Å². The van der Waals surface area contributed by atoms with Gasteiger partial charge in [-0.05, 0) is 41.3 Å². The molecule has 0 spiro atoms. The van der Waals surface area contributed by atoms with Crippen LogP contribution in [-0.2, 0) is 11.2 Å².